The number of halogens is 1. The summed E-state index contributed by atoms with van der Waals surface area (Å²) in [6, 6.07) is 9.64. The standard InChI is InChI=1S/C14H18INO3/c1-3-11(10-7-5-4-6-8-10)13(17)16-9-12(15)14(18)19-2/h4-8,11-12H,3,9H2,1-2H3,(H,16,17). The largest absolute Gasteiger partial charge is 0.468 e. The number of carbonyl (C=O) groups excluding carboxylic acids is 2. The molecule has 1 aromatic carbocycles. The number of rotatable bonds is 6. The fourth-order valence-electron chi connectivity index (χ4n) is 1.78. The summed E-state index contributed by atoms with van der Waals surface area (Å²) in [7, 11) is 1.34. The van der Waals surface area contributed by atoms with Crippen molar-refractivity contribution in [2.75, 3.05) is 13.7 Å². The van der Waals surface area contributed by atoms with E-state index in [0.29, 0.717) is 0 Å². The Morgan fingerprint density at radius 1 is 1.32 bits per heavy atom. The highest BCUT2D eigenvalue weighted by Crippen LogP contribution is 2.19. The molecule has 2 unspecified atom stereocenters. The monoisotopic (exact) mass is 375 g/mol. The second kappa shape index (κ2) is 8.14. The van der Waals surface area contributed by atoms with E-state index in [-0.39, 0.29) is 28.3 Å². The van der Waals surface area contributed by atoms with Gasteiger partial charge in [0.2, 0.25) is 5.91 Å². The van der Waals surface area contributed by atoms with E-state index in [0.717, 1.165) is 12.0 Å². The molecule has 0 aliphatic rings. The van der Waals surface area contributed by atoms with Crippen LogP contribution < -0.4 is 5.32 Å². The number of alkyl halides is 1. The van der Waals surface area contributed by atoms with E-state index < -0.39 is 0 Å². The Labute approximate surface area is 127 Å². The first-order valence-corrected chi connectivity index (χ1v) is 7.39. The summed E-state index contributed by atoms with van der Waals surface area (Å²) >= 11 is 1.96. The molecule has 0 aliphatic carbocycles. The Balaban J connectivity index is 2.59. The summed E-state index contributed by atoms with van der Waals surface area (Å²) in [5.41, 5.74) is 0.991. The predicted octanol–water partition coefficient (Wildman–Crippen LogP) is 2.27. The zero-order valence-electron chi connectivity index (χ0n) is 11.1. The maximum absolute atomic E-state index is 12.1. The smallest absolute Gasteiger partial charge is 0.320 e. The molecule has 0 heterocycles. The number of ether oxygens (including phenoxy) is 1. The summed E-state index contributed by atoms with van der Waals surface area (Å²) in [5, 5.41) is 2.80. The molecule has 19 heavy (non-hydrogen) atoms. The zero-order valence-corrected chi connectivity index (χ0v) is 13.2. The average Bonchev–Trinajstić information content (AvgIpc) is 2.45. The van der Waals surface area contributed by atoms with Crippen LogP contribution in [0.4, 0.5) is 0 Å². The first-order chi connectivity index (χ1) is 9.10. The van der Waals surface area contributed by atoms with E-state index in [1.807, 2.05) is 59.8 Å². The summed E-state index contributed by atoms with van der Waals surface area (Å²) in [6.07, 6.45) is 0.722. The zero-order chi connectivity index (χ0) is 14.3. The van der Waals surface area contributed by atoms with Crippen LogP contribution in [-0.4, -0.2) is 29.5 Å². The van der Waals surface area contributed by atoms with Gasteiger partial charge in [0.05, 0.1) is 13.0 Å². The Bertz CT molecular complexity index is 422. The van der Waals surface area contributed by atoms with Gasteiger partial charge in [-0.2, -0.15) is 0 Å². The van der Waals surface area contributed by atoms with E-state index in [1.165, 1.54) is 7.11 Å². The van der Waals surface area contributed by atoms with E-state index >= 15 is 0 Å². The van der Waals surface area contributed by atoms with Crippen molar-refractivity contribution in [1.82, 2.24) is 5.32 Å². The molecule has 1 amide bonds. The fourth-order valence-corrected chi connectivity index (χ4v) is 2.26. The fraction of sp³-hybridized carbons (Fsp3) is 0.429. The third-order valence-electron chi connectivity index (χ3n) is 2.84. The van der Waals surface area contributed by atoms with Crippen LogP contribution in [0.3, 0.4) is 0 Å². The van der Waals surface area contributed by atoms with E-state index in [4.69, 9.17) is 0 Å². The molecule has 1 aromatic rings. The number of esters is 1. The molecule has 0 aromatic heterocycles. The molecule has 0 aliphatic heterocycles. The summed E-state index contributed by atoms with van der Waals surface area (Å²) in [5.74, 6) is -0.560. The summed E-state index contributed by atoms with van der Waals surface area (Å²) in [4.78, 5) is 23.4. The number of benzene rings is 1. The molecule has 0 spiro atoms. The van der Waals surface area contributed by atoms with Crippen LogP contribution in [0, 0.1) is 0 Å². The van der Waals surface area contributed by atoms with Crippen LogP contribution in [-0.2, 0) is 14.3 Å². The van der Waals surface area contributed by atoms with Crippen molar-refractivity contribution in [1.29, 1.82) is 0 Å². The SMILES string of the molecule is CCC(C(=O)NCC(I)C(=O)OC)c1ccccc1. The molecule has 1 rings (SSSR count). The van der Waals surface area contributed by atoms with Gasteiger partial charge in [-0.25, -0.2) is 0 Å². The lowest BCUT2D eigenvalue weighted by molar-refractivity contribution is -0.139. The van der Waals surface area contributed by atoms with E-state index in [9.17, 15) is 9.59 Å². The number of amides is 1. The third kappa shape index (κ3) is 4.81. The Morgan fingerprint density at radius 2 is 1.95 bits per heavy atom. The van der Waals surface area contributed by atoms with Crippen LogP contribution in [0.2, 0.25) is 0 Å². The van der Waals surface area contributed by atoms with Gasteiger partial charge in [-0.3, -0.25) is 9.59 Å². The first-order valence-electron chi connectivity index (χ1n) is 6.14. The number of carbonyl (C=O) groups is 2. The van der Waals surface area contributed by atoms with Gasteiger partial charge < -0.3 is 10.1 Å². The molecule has 2 atom stereocenters. The van der Waals surface area contributed by atoms with Crippen LogP contribution in [0.1, 0.15) is 24.8 Å². The van der Waals surface area contributed by atoms with Crippen molar-refractivity contribution in [2.45, 2.75) is 23.2 Å². The minimum atomic E-state index is -0.361. The van der Waals surface area contributed by atoms with Crippen molar-refractivity contribution in [2.24, 2.45) is 0 Å². The predicted molar refractivity (Wildman–Crippen MR) is 82.3 cm³/mol. The highest BCUT2D eigenvalue weighted by Gasteiger charge is 2.21. The Hall–Kier alpha value is -1.11. The van der Waals surface area contributed by atoms with Crippen molar-refractivity contribution >= 4 is 34.5 Å². The van der Waals surface area contributed by atoms with Crippen molar-refractivity contribution in [3.63, 3.8) is 0 Å². The molecule has 0 fully saturated rings. The lowest BCUT2D eigenvalue weighted by Gasteiger charge is -2.16. The maximum atomic E-state index is 12.1. The normalized spacial score (nSPS) is 13.4. The molecule has 104 valence electrons. The van der Waals surface area contributed by atoms with Gasteiger partial charge in [0.25, 0.3) is 0 Å². The highest BCUT2D eigenvalue weighted by atomic mass is 127. The van der Waals surface area contributed by atoms with E-state index in [1.54, 1.807) is 0 Å². The number of hydrogen-bond donors (Lipinski definition) is 1. The van der Waals surface area contributed by atoms with Gasteiger partial charge in [0.15, 0.2) is 0 Å². The molecule has 0 saturated heterocycles. The van der Waals surface area contributed by atoms with Crippen LogP contribution in [0.15, 0.2) is 30.3 Å². The lowest BCUT2D eigenvalue weighted by Crippen LogP contribution is -2.36. The molecule has 0 saturated carbocycles. The molecule has 5 heteroatoms. The van der Waals surface area contributed by atoms with Gasteiger partial charge in [-0.05, 0) is 12.0 Å². The van der Waals surface area contributed by atoms with Gasteiger partial charge in [0.1, 0.15) is 3.92 Å². The minimum Gasteiger partial charge on any atom is -0.468 e. The Kier molecular flexibility index (Phi) is 6.83. The van der Waals surface area contributed by atoms with Crippen LogP contribution in [0.5, 0.6) is 0 Å². The lowest BCUT2D eigenvalue weighted by atomic mass is 9.96. The molecule has 0 bridgehead atoms. The average molecular weight is 375 g/mol. The quantitative estimate of drug-likeness (QED) is 0.472. The molecule has 4 nitrogen and oxygen atoms in total. The van der Waals surface area contributed by atoms with Gasteiger partial charge in [-0.15, -0.1) is 0 Å². The first kappa shape index (κ1) is 15.9. The van der Waals surface area contributed by atoms with Crippen molar-refractivity contribution < 1.29 is 14.3 Å². The van der Waals surface area contributed by atoms with Crippen LogP contribution in [0.25, 0.3) is 0 Å². The minimum absolute atomic E-state index is 0.0562. The van der Waals surface area contributed by atoms with Crippen LogP contribution >= 0.6 is 22.6 Å². The Morgan fingerprint density at radius 3 is 2.47 bits per heavy atom. The van der Waals surface area contributed by atoms with Crippen molar-refractivity contribution in [3.05, 3.63) is 35.9 Å². The summed E-state index contributed by atoms with van der Waals surface area (Å²) in [6.45, 7) is 2.26. The number of hydrogen-bond acceptors (Lipinski definition) is 3. The maximum Gasteiger partial charge on any atom is 0.320 e. The summed E-state index contributed by atoms with van der Waals surface area (Å²) < 4.78 is 4.26. The van der Waals surface area contributed by atoms with Gasteiger partial charge in [0, 0.05) is 6.54 Å². The topological polar surface area (TPSA) is 55.4 Å². The number of methoxy groups -OCH3 is 1. The molecule has 0 radical (unpaired) electrons. The second-order valence-electron chi connectivity index (χ2n) is 4.11. The van der Waals surface area contributed by atoms with Crippen molar-refractivity contribution in [3.8, 4) is 0 Å². The van der Waals surface area contributed by atoms with Gasteiger partial charge >= 0.3 is 5.97 Å². The molecular weight excluding hydrogens is 357 g/mol. The van der Waals surface area contributed by atoms with Gasteiger partial charge in [-0.1, -0.05) is 59.8 Å². The van der Waals surface area contributed by atoms with E-state index in [2.05, 4.69) is 10.1 Å². The number of nitrogens with one attached hydrogen (secondary N) is 1. The highest BCUT2D eigenvalue weighted by molar-refractivity contribution is 14.1. The second-order valence-corrected chi connectivity index (χ2v) is 5.61. The molecule has 1 N–H and O–H groups in total. The third-order valence-corrected chi connectivity index (χ3v) is 3.79. The molecular formula is C14H18INO3.